The molecule has 0 aliphatic carbocycles. The molecule has 1 aliphatic rings. The highest BCUT2D eigenvalue weighted by molar-refractivity contribution is 5.92. The number of para-hydroxylation sites is 2. The largest absolute Gasteiger partial charge is 0.452 e. The number of hydrogen-bond donors (Lipinski definition) is 0. The maximum Gasteiger partial charge on any atom is 0.161 e. The fraction of sp³-hybridized carbons (Fsp3) is 0.0870. The van der Waals surface area contributed by atoms with Crippen molar-refractivity contribution in [3.63, 3.8) is 0 Å². The first-order valence-corrected chi connectivity index (χ1v) is 8.90. The van der Waals surface area contributed by atoms with Crippen molar-refractivity contribution in [1.29, 1.82) is 0 Å². The van der Waals surface area contributed by atoms with Crippen LogP contribution in [0.25, 0.3) is 28.9 Å². The van der Waals surface area contributed by atoms with E-state index in [1.54, 1.807) is 0 Å². The van der Waals surface area contributed by atoms with E-state index in [-0.39, 0.29) is 0 Å². The van der Waals surface area contributed by atoms with Gasteiger partial charge in [-0.05, 0) is 29.8 Å². The maximum absolute atomic E-state index is 6.31. The Labute approximate surface area is 152 Å². The highest BCUT2D eigenvalue weighted by Gasteiger charge is 2.24. The van der Waals surface area contributed by atoms with E-state index in [1.807, 2.05) is 36.4 Å². The molecular weight excluding hydrogens is 320 g/mol. The number of fused-ring (bicyclic) bond motifs is 2. The molecule has 1 aromatic heterocycles. The molecule has 5 rings (SSSR count). The van der Waals surface area contributed by atoms with Gasteiger partial charge in [-0.2, -0.15) is 0 Å². The van der Waals surface area contributed by atoms with Crippen LogP contribution in [-0.2, 0) is 6.42 Å². The van der Waals surface area contributed by atoms with Crippen LogP contribution >= 0.6 is 0 Å². The fourth-order valence-electron chi connectivity index (χ4n) is 3.52. The Morgan fingerprint density at radius 1 is 0.923 bits per heavy atom. The molecule has 0 N–H and O–H groups in total. The Morgan fingerprint density at radius 2 is 1.73 bits per heavy atom. The Hall–Kier alpha value is -3.33. The zero-order valence-electron chi connectivity index (χ0n) is 14.5. The van der Waals surface area contributed by atoms with Gasteiger partial charge in [-0.1, -0.05) is 61.5 Å². The molecule has 0 unspecified atom stereocenters. The number of imidazole rings is 1. The third-order valence-corrected chi connectivity index (χ3v) is 4.76. The van der Waals surface area contributed by atoms with Crippen molar-refractivity contribution in [2.45, 2.75) is 13.3 Å². The van der Waals surface area contributed by atoms with Gasteiger partial charge >= 0.3 is 0 Å². The molecule has 26 heavy (non-hydrogen) atoms. The molecule has 1 aliphatic heterocycles. The maximum atomic E-state index is 6.31. The summed E-state index contributed by atoms with van der Waals surface area (Å²) in [6.07, 6.45) is 5.10. The molecule has 3 aromatic carbocycles. The summed E-state index contributed by atoms with van der Waals surface area (Å²) in [7, 11) is 0. The van der Waals surface area contributed by atoms with Crippen LogP contribution in [0.3, 0.4) is 0 Å². The molecule has 0 saturated heterocycles. The molecule has 0 saturated carbocycles. The molecule has 0 amide bonds. The van der Waals surface area contributed by atoms with Crippen LogP contribution in [0.5, 0.6) is 11.5 Å². The van der Waals surface area contributed by atoms with Gasteiger partial charge in [-0.3, -0.25) is 4.57 Å². The average Bonchev–Trinajstić information content (AvgIpc) is 3.08. The van der Waals surface area contributed by atoms with E-state index >= 15 is 0 Å². The molecular formula is C23H18N2O. The molecule has 0 fully saturated rings. The molecule has 3 heteroatoms. The molecule has 2 heterocycles. The van der Waals surface area contributed by atoms with E-state index in [0.29, 0.717) is 0 Å². The van der Waals surface area contributed by atoms with Crippen LogP contribution in [0.4, 0.5) is 0 Å². The van der Waals surface area contributed by atoms with E-state index in [9.17, 15) is 0 Å². The Balaban J connectivity index is 1.73. The summed E-state index contributed by atoms with van der Waals surface area (Å²) in [5.74, 6) is 2.80. The summed E-state index contributed by atoms with van der Waals surface area (Å²) >= 11 is 0. The van der Waals surface area contributed by atoms with Gasteiger partial charge in [-0.15, -0.1) is 0 Å². The minimum Gasteiger partial charge on any atom is -0.452 e. The standard InChI is InChI=1S/C23H18N2O/c1-2-21-24-18-15-14-17(13-12-16-8-4-3-5-9-16)23-22(18)25(21)19-10-6-7-11-20(19)26-23/h3-15H,2H2,1H3/b13-12+. The first-order valence-electron chi connectivity index (χ1n) is 8.90. The molecule has 4 aromatic rings. The van der Waals surface area contributed by atoms with Crippen molar-refractivity contribution in [2.24, 2.45) is 0 Å². The van der Waals surface area contributed by atoms with Gasteiger partial charge < -0.3 is 4.74 Å². The molecule has 0 bridgehead atoms. The number of rotatable bonds is 3. The van der Waals surface area contributed by atoms with Crippen LogP contribution < -0.4 is 4.74 Å². The predicted molar refractivity (Wildman–Crippen MR) is 106 cm³/mol. The third kappa shape index (κ3) is 2.25. The highest BCUT2D eigenvalue weighted by atomic mass is 16.5. The zero-order chi connectivity index (χ0) is 17.5. The fourth-order valence-corrected chi connectivity index (χ4v) is 3.52. The lowest BCUT2D eigenvalue weighted by molar-refractivity contribution is 0.473. The van der Waals surface area contributed by atoms with Crippen LogP contribution in [0.1, 0.15) is 23.9 Å². The van der Waals surface area contributed by atoms with Gasteiger partial charge in [0.1, 0.15) is 11.3 Å². The topological polar surface area (TPSA) is 27.1 Å². The minimum atomic E-state index is 0.870. The van der Waals surface area contributed by atoms with Crippen molar-refractivity contribution in [3.8, 4) is 17.2 Å². The second-order valence-corrected chi connectivity index (χ2v) is 6.38. The molecule has 126 valence electrons. The number of aromatic nitrogens is 2. The van der Waals surface area contributed by atoms with E-state index < -0.39 is 0 Å². The van der Waals surface area contributed by atoms with Crippen LogP contribution in [0.2, 0.25) is 0 Å². The van der Waals surface area contributed by atoms with Gasteiger partial charge in [-0.25, -0.2) is 4.98 Å². The number of hydrogen-bond acceptors (Lipinski definition) is 2. The molecule has 3 nitrogen and oxygen atoms in total. The lowest BCUT2D eigenvalue weighted by Crippen LogP contribution is -2.07. The summed E-state index contributed by atoms with van der Waals surface area (Å²) in [6.45, 7) is 2.14. The summed E-state index contributed by atoms with van der Waals surface area (Å²) in [5, 5.41) is 0. The first kappa shape index (κ1) is 15.0. The first-order chi connectivity index (χ1) is 12.8. The van der Waals surface area contributed by atoms with E-state index in [1.165, 1.54) is 5.56 Å². The van der Waals surface area contributed by atoms with Crippen LogP contribution in [-0.4, -0.2) is 9.55 Å². The monoisotopic (exact) mass is 338 g/mol. The average molecular weight is 338 g/mol. The van der Waals surface area contributed by atoms with E-state index in [2.05, 4.69) is 54.0 Å². The van der Waals surface area contributed by atoms with Crippen molar-refractivity contribution >= 4 is 23.2 Å². The molecule has 0 atom stereocenters. The Kier molecular flexibility index (Phi) is 3.39. The quantitative estimate of drug-likeness (QED) is 0.385. The summed E-state index contributed by atoms with van der Waals surface area (Å²) in [6, 6.07) is 22.6. The van der Waals surface area contributed by atoms with Crippen molar-refractivity contribution in [1.82, 2.24) is 9.55 Å². The second-order valence-electron chi connectivity index (χ2n) is 6.38. The van der Waals surface area contributed by atoms with Gasteiger partial charge in [0.2, 0.25) is 0 Å². The summed E-state index contributed by atoms with van der Waals surface area (Å²) < 4.78 is 8.55. The van der Waals surface area contributed by atoms with Crippen molar-refractivity contribution < 1.29 is 4.74 Å². The third-order valence-electron chi connectivity index (χ3n) is 4.76. The normalized spacial score (nSPS) is 12.3. The van der Waals surface area contributed by atoms with Crippen LogP contribution in [0, 0.1) is 0 Å². The minimum absolute atomic E-state index is 0.870. The summed E-state index contributed by atoms with van der Waals surface area (Å²) in [5.41, 5.74) is 5.31. The van der Waals surface area contributed by atoms with E-state index in [0.717, 1.165) is 46.0 Å². The SMILES string of the molecule is CCc1nc2ccc(/C=C/c3ccccc3)c3c2n1-c1ccccc1O3. The Bertz CT molecular complexity index is 1140. The van der Waals surface area contributed by atoms with Gasteiger partial charge in [0, 0.05) is 12.0 Å². The van der Waals surface area contributed by atoms with Crippen LogP contribution in [0.15, 0.2) is 66.7 Å². The predicted octanol–water partition coefficient (Wildman–Crippen LogP) is 5.86. The van der Waals surface area contributed by atoms with Crippen molar-refractivity contribution in [3.05, 3.63) is 83.7 Å². The lowest BCUT2D eigenvalue weighted by atomic mass is 10.1. The number of benzene rings is 3. The zero-order valence-corrected chi connectivity index (χ0v) is 14.5. The number of ether oxygens (including phenoxy) is 1. The number of nitrogens with zero attached hydrogens (tertiary/aromatic N) is 2. The Morgan fingerprint density at radius 3 is 2.58 bits per heavy atom. The molecule has 0 spiro atoms. The highest BCUT2D eigenvalue weighted by Crippen LogP contribution is 2.43. The second kappa shape index (κ2) is 5.88. The van der Waals surface area contributed by atoms with Crippen molar-refractivity contribution in [2.75, 3.05) is 0 Å². The lowest BCUT2D eigenvalue weighted by Gasteiger charge is -2.22. The number of aryl methyl sites for hydroxylation is 1. The van der Waals surface area contributed by atoms with Gasteiger partial charge in [0.15, 0.2) is 11.5 Å². The smallest absolute Gasteiger partial charge is 0.161 e. The van der Waals surface area contributed by atoms with E-state index in [4.69, 9.17) is 9.72 Å². The van der Waals surface area contributed by atoms with Gasteiger partial charge in [0.25, 0.3) is 0 Å². The molecule has 0 radical (unpaired) electrons. The van der Waals surface area contributed by atoms with Gasteiger partial charge in [0.05, 0.1) is 11.2 Å². The summed E-state index contributed by atoms with van der Waals surface area (Å²) in [4.78, 5) is 4.82.